The van der Waals surface area contributed by atoms with E-state index in [-0.39, 0.29) is 0 Å². The van der Waals surface area contributed by atoms with Crippen molar-refractivity contribution in [2.45, 2.75) is 18.6 Å². The fourth-order valence-electron chi connectivity index (χ4n) is 3.33. The van der Waals surface area contributed by atoms with Gasteiger partial charge in [-0.2, -0.15) is 15.4 Å². The van der Waals surface area contributed by atoms with Gasteiger partial charge in [-0.25, -0.2) is 0 Å². The lowest BCUT2D eigenvalue weighted by Crippen LogP contribution is -2.31. The van der Waals surface area contributed by atoms with Crippen molar-refractivity contribution in [3.63, 3.8) is 0 Å². The lowest BCUT2D eigenvalue weighted by Gasteiger charge is -2.21. The van der Waals surface area contributed by atoms with Gasteiger partial charge in [-0.1, -0.05) is 54.6 Å². The quantitative estimate of drug-likeness (QED) is 0.775. The number of hydrogen-bond acceptors (Lipinski definition) is 4. The van der Waals surface area contributed by atoms with Crippen molar-refractivity contribution in [3.8, 4) is 11.1 Å². The van der Waals surface area contributed by atoms with E-state index in [0.29, 0.717) is 18.7 Å². The van der Waals surface area contributed by atoms with E-state index in [2.05, 4.69) is 68.8 Å². The summed E-state index contributed by atoms with van der Waals surface area (Å²) in [5, 5.41) is 21.2. The van der Waals surface area contributed by atoms with Crippen molar-refractivity contribution in [1.29, 1.82) is 0 Å². The van der Waals surface area contributed by atoms with Crippen molar-refractivity contribution < 1.29 is 5.11 Å². The number of benzene rings is 2. The number of nitrogens with zero attached hydrogens (tertiary/aromatic N) is 3. The average molecular weight is 320 g/mol. The van der Waals surface area contributed by atoms with Gasteiger partial charge in [0, 0.05) is 19.6 Å². The Morgan fingerprint density at radius 2 is 1.79 bits per heavy atom. The minimum Gasteiger partial charge on any atom is -0.382 e. The van der Waals surface area contributed by atoms with Gasteiger partial charge in [0.15, 0.2) is 0 Å². The molecule has 0 radical (unpaired) electrons. The summed E-state index contributed by atoms with van der Waals surface area (Å²) in [7, 11) is 0. The highest BCUT2D eigenvalue weighted by Gasteiger charge is 2.39. The van der Waals surface area contributed by atoms with Crippen LogP contribution in [0.3, 0.4) is 0 Å². The molecule has 5 nitrogen and oxygen atoms in total. The second-order valence-corrected chi connectivity index (χ2v) is 6.41. The van der Waals surface area contributed by atoms with Crippen molar-refractivity contribution in [1.82, 2.24) is 20.3 Å². The summed E-state index contributed by atoms with van der Waals surface area (Å²) in [6.07, 6.45) is 2.29. The maximum Gasteiger partial charge on any atom is 0.124 e. The van der Waals surface area contributed by atoms with Crippen LogP contribution in [0.1, 0.15) is 17.7 Å². The Morgan fingerprint density at radius 1 is 1.04 bits per heavy atom. The number of hydrogen-bond donors (Lipinski definition) is 2. The Kier molecular flexibility index (Phi) is 3.88. The number of aromatic nitrogens is 3. The minimum absolute atomic E-state index is 0.583. The molecule has 0 aliphatic carbocycles. The molecule has 1 atom stereocenters. The third-order valence-corrected chi connectivity index (χ3v) is 4.69. The molecule has 3 aromatic rings. The smallest absolute Gasteiger partial charge is 0.124 e. The molecule has 2 aromatic carbocycles. The lowest BCUT2D eigenvalue weighted by atomic mass is 10.00. The third kappa shape index (κ3) is 2.96. The van der Waals surface area contributed by atoms with Crippen molar-refractivity contribution >= 4 is 0 Å². The summed E-state index contributed by atoms with van der Waals surface area (Å²) in [6, 6.07) is 19.0. The van der Waals surface area contributed by atoms with E-state index < -0.39 is 5.60 Å². The number of aliphatic hydroxyl groups is 1. The fraction of sp³-hybridized carbons (Fsp3) is 0.263. The van der Waals surface area contributed by atoms with Crippen LogP contribution in [0.2, 0.25) is 0 Å². The van der Waals surface area contributed by atoms with E-state index in [4.69, 9.17) is 0 Å². The Labute approximate surface area is 141 Å². The maximum atomic E-state index is 10.7. The summed E-state index contributed by atoms with van der Waals surface area (Å²) >= 11 is 0. The predicted molar refractivity (Wildman–Crippen MR) is 92.1 cm³/mol. The summed E-state index contributed by atoms with van der Waals surface area (Å²) in [5.74, 6) is 0. The molecule has 1 aromatic heterocycles. The average Bonchev–Trinajstić information content (AvgIpc) is 3.28. The third-order valence-electron chi connectivity index (χ3n) is 4.69. The van der Waals surface area contributed by atoms with Crippen molar-refractivity contribution in [3.05, 3.63) is 72.1 Å². The van der Waals surface area contributed by atoms with E-state index in [1.807, 2.05) is 6.07 Å². The first kappa shape index (κ1) is 15.1. The molecule has 122 valence electrons. The van der Waals surface area contributed by atoms with Crippen LogP contribution in [0.5, 0.6) is 0 Å². The Hall–Kier alpha value is -2.50. The molecule has 4 rings (SSSR count). The number of β-amino-alcohol motifs (C(OH)–C–C–N with tert-alkyl or cyclic N) is 1. The summed E-state index contributed by atoms with van der Waals surface area (Å²) in [5.41, 5.74) is 3.44. The van der Waals surface area contributed by atoms with Crippen LogP contribution in [0.25, 0.3) is 11.1 Å². The number of rotatable bonds is 4. The van der Waals surface area contributed by atoms with Gasteiger partial charge in [0.05, 0.1) is 6.20 Å². The van der Waals surface area contributed by atoms with Gasteiger partial charge in [0.1, 0.15) is 11.3 Å². The molecule has 0 bridgehead atoms. The van der Waals surface area contributed by atoms with Crippen molar-refractivity contribution in [2.75, 3.05) is 13.1 Å². The molecule has 1 aliphatic heterocycles. The van der Waals surface area contributed by atoms with E-state index in [1.165, 1.54) is 16.7 Å². The van der Waals surface area contributed by atoms with Gasteiger partial charge in [-0.15, -0.1) is 0 Å². The molecule has 1 aliphatic rings. The first-order chi connectivity index (χ1) is 11.7. The minimum atomic E-state index is -0.892. The highest BCUT2D eigenvalue weighted by molar-refractivity contribution is 5.63. The molecule has 5 heteroatoms. The van der Waals surface area contributed by atoms with Crippen LogP contribution in [-0.4, -0.2) is 38.5 Å². The summed E-state index contributed by atoms with van der Waals surface area (Å²) in [6.45, 7) is 2.26. The number of H-pyrrole nitrogens is 1. The zero-order chi connectivity index (χ0) is 16.4. The number of nitrogens with one attached hydrogen (secondary N) is 1. The Bertz CT molecular complexity index is 786. The maximum absolute atomic E-state index is 10.7. The SMILES string of the molecule is O[C@]1(c2cn[nH]n2)CCN(Cc2ccc(-c3ccccc3)cc2)C1. The molecule has 0 amide bonds. The van der Waals surface area contributed by atoms with Gasteiger partial charge < -0.3 is 5.11 Å². The van der Waals surface area contributed by atoms with Crippen LogP contribution in [0.4, 0.5) is 0 Å². The topological polar surface area (TPSA) is 65.0 Å². The molecule has 1 fully saturated rings. The molecule has 1 saturated heterocycles. The van der Waals surface area contributed by atoms with E-state index in [0.717, 1.165) is 13.1 Å². The second-order valence-electron chi connectivity index (χ2n) is 6.41. The first-order valence-corrected chi connectivity index (χ1v) is 8.18. The summed E-state index contributed by atoms with van der Waals surface area (Å²) < 4.78 is 0. The van der Waals surface area contributed by atoms with Crippen molar-refractivity contribution in [2.24, 2.45) is 0 Å². The molecular weight excluding hydrogens is 300 g/mol. The monoisotopic (exact) mass is 320 g/mol. The molecule has 0 spiro atoms. The van der Waals surface area contributed by atoms with Gasteiger partial charge in [0.25, 0.3) is 0 Å². The summed E-state index contributed by atoms with van der Waals surface area (Å²) in [4.78, 5) is 2.26. The van der Waals surface area contributed by atoms with Gasteiger partial charge in [-0.05, 0) is 23.1 Å². The Morgan fingerprint density at radius 3 is 2.50 bits per heavy atom. The number of aromatic amines is 1. The van der Waals surface area contributed by atoms with Crippen LogP contribution in [0, 0.1) is 0 Å². The van der Waals surface area contributed by atoms with Crippen LogP contribution in [0.15, 0.2) is 60.8 Å². The highest BCUT2D eigenvalue weighted by Crippen LogP contribution is 2.31. The van der Waals surface area contributed by atoms with Gasteiger partial charge >= 0.3 is 0 Å². The van der Waals surface area contributed by atoms with Crippen LogP contribution in [-0.2, 0) is 12.1 Å². The van der Waals surface area contributed by atoms with Crippen LogP contribution < -0.4 is 0 Å². The standard InChI is InChI=1S/C19H20N4O/c24-19(18-12-20-22-21-18)10-11-23(14-19)13-15-6-8-17(9-7-15)16-4-2-1-3-5-16/h1-9,12,24H,10-11,13-14H2,(H,20,21,22)/t19-/m1/s1. The normalized spacial score (nSPS) is 21.2. The fourth-order valence-corrected chi connectivity index (χ4v) is 3.33. The lowest BCUT2D eigenvalue weighted by molar-refractivity contribution is 0.0409. The zero-order valence-electron chi connectivity index (χ0n) is 13.4. The second kappa shape index (κ2) is 6.19. The number of likely N-dealkylation sites (tertiary alicyclic amines) is 1. The predicted octanol–water partition coefficient (Wildman–Crippen LogP) is 2.57. The molecule has 0 unspecified atom stereocenters. The van der Waals surface area contributed by atoms with Gasteiger partial charge in [0.2, 0.25) is 0 Å². The molecule has 24 heavy (non-hydrogen) atoms. The first-order valence-electron chi connectivity index (χ1n) is 8.18. The van der Waals surface area contributed by atoms with E-state index >= 15 is 0 Å². The van der Waals surface area contributed by atoms with E-state index in [1.54, 1.807) is 6.20 Å². The van der Waals surface area contributed by atoms with Gasteiger partial charge in [-0.3, -0.25) is 4.90 Å². The zero-order valence-corrected chi connectivity index (χ0v) is 13.4. The Balaban J connectivity index is 1.43. The molecular formula is C19H20N4O. The van der Waals surface area contributed by atoms with E-state index in [9.17, 15) is 5.11 Å². The molecule has 2 heterocycles. The highest BCUT2D eigenvalue weighted by atomic mass is 16.3. The largest absolute Gasteiger partial charge is 0.382 e. The van der Waals surface area contributed by atoms with Crippen LogP contribution >= 0.6 is 0 Å². The molecule has 2 N–H and O–H groups in total. The molecule has 0 saturated carbocycles.